The number of aliphatic hydroxyl groups is 2. The molecule has 0 spiro atoms. The van der Waals surface area contributed by atoms with Gasteiger partial charge in [0.2, 0.25) is 5.91 Å². The molecular formula is C10H13ClN2O3. The summed E-state index contributed by atoms with van der Waals surface area (Å²) in [6, 6.07) is 2.96. The number of anilines is 1. The van der Waals surface area contributed by atoms with Crippen LogP contribution in [0.2, 0.25) is 5.02 Å². The second-order valence-electron chi connectivity index (χ2n) is 3.52. The summed E-state index contributed by atoms with van der Waals surface area (Å²) in [5.41, 5.74) is 11.9. The van der Waals surface area contributed by atoms with E-state index in [1.807, 2.05) is 0 Å². The molecule has 6 heteroatoms. The molecule has 5 nitrogen and oxygen atoms in total. The number of nitrogens with two attached hydrogens (primary N) is 2. The Labute approximate surface area is 97.6 Å². The van der Waals surface area contributed by atoms with E-state index in [0.717, 1.165) is 0 Å². The van der Waals surface area contributed by atoms with Gasteiger partial charge in [0.25, 0.3) is 0 Å². The lowest BCUT2D eigenvalue weighted by atomic mass is 10.0. The van der Waals surface area contributed by atoms with Gasteiger partial charge in [-0.05, 0) is 24.6 Å². The second-order valence-corrected chi connectivity index (χ2v) is 3.93. The number of primary amides is 1. The number of hydrogen-bond donors (Lipinski definition) is 4. The Morgan fingerprint density at radius 1 is 1.44 bits per heavy atom. The predicted octanol–water partition coefficient (Wildman–Crippen LogP) is 0.110. The highest BCUT2D eigenvalue weighted by Crippen LogP contribution is 2.29. The monoisotopic (exact) mass is 244 g/mol. The fraction of sp³-hybridized carbons (Fsp3) is 0.300. The molecule has 88 valence electrons. The number of carbonyl (C=O) groups is 1. The van der Waals surface area contributed by atoms with E-state index >= 15 is 0 Å². The molecule has 6 N–H and O–H groups in total. The lowest BCUT2D eigenvalue weighted by Crippen LogP contribution is -2.34. The van der Waals surface area contributed by atoms with E-state index in [0.29, 0.717) is 11.3 Å². The Kier molecular flexibility index (Phi) is 3.74. The number of halogens is 1. The van der Waals surface area contributed by atoms with Gasteiger partial charge in [-0.2, -0.15) is 0 Å². The Morgan fingerprint density at radius 3 is 2.50 bits per heavy atom. The third-order valence-electron chi connectivity index (χ3n) is 2.29. The van der Waals surface area contributed by atoms with Gasteiger partial charge in [0.15, 0.2) is 6.10 Å². The highest BCUT2D eigenvalue weighted by atomic mass is 35.5. The van der Waals surface area contributed by atoms with Gasteiger partial charge in [-0.3, -0.25) is 4.79 Å². The standard InChI is InChI=1S/C10H13ClN2O3/c1-4-2-5(6(11)3-7(4)12)8(14)9(15)10(13)16/h2-3,8-9,14-15H,12H2,1H3,(H2,13,16). The lowest BCUT2D eigenvalue weighted by molar-refractivity contribution is -0.131. The third kappa shape index (κ3) is 2.44. The minimum absolute atomic E-state index is 0.177. The number of benzene rings is 1. The Bertz CT molecular complexity index is 423. The smallest absolute Gasteiger partial charge is 0.249 e. The highest BCUT2D eigenvalue weighted by molar-refractivity contribution is 6.31. The van der Waals surface area contributed by atoms with Crippen molar-refractivity contribution in [3.8, 4) is 0 Å². The maximum atomic E-state index is 10.7. The Morgan fingerprint density at radius 2 is 2.00 bits per heavy atom. The Hall–Kier alpha value is -1.30. The number of nitrogen functional groups attached to an aromatic ring is 1. The average Bonchev–Trinajstić information content (AvgIpc) is 2.21. The van der Waals surface area contributed by atoms with E-state index < -0.39 is 18.1 Å². The molecule has 16 heavy (non-hydrogen) atoms. The molecule has 0 aliphatic rings. The van der Waals surface area contributed by atoms with Crippen LogP contribution in [0.3, 0.4) is 0 Å². The fourth-order valence-electron chi connectivity index (χ4n) is 1.27. The SMILES string of the molecule is Cc1cc(C(O)C(O)C(N)=O)c(Cl)cc1N. The second kappa shape index (κ2) is 4.69. The van der Waals surface area contributed by atoms with Gasteiger partial charge in [-0.1, -0.05) is 11.6 Å². The van der Waals surface area contributed by atoms with Crippen molar-refractivity contribution >= 4 is 23.2 Å². The zero-order chi connectivity index (χ0) is 12.5. The summed E-state index contributed by atoms with van der Waals surface area (Å²) in [6.45, 7) is 1.72. The summed E-state index contributed by atoms with van der Waals surface area (Å²) in [7, 11) is 0. The number of amides is 1. The summed E-state index contributed by atoms with van der Waals surface area (Å²) in [5, 5.41) is 19.2. The van der Waals surface area contributed by atoms with Gasteiger partial charge in [-0.15, -0.1) is 0 Å². The van der Waals surface area contributed by atoms with Crippen LogP contribution in [0, 0.1) is 6.92 Å². The Balaban J connectivity index is 3.13. The van der Waals surface area contributed by atoms with E-state index in [4.69, 9.17) is 23.1 Å². The molecule has 0 bridgehead atoms. The van der Waals surface area contributed by atoms with Gasteiger partial charge in [0.1, 0.15) is 6.10 Å². The summed E-state index contributed by atoms with van der Waals surface area (Å²) in [4.78, 5) is 10.7. The molecule has 0 aromatic heterocycles. The van der Waals surface area contributed by atoms with Crippen molar-refractivity contribution in [2.75, 3.05) is 5.73 Å². The van der Waals surface area contributed by atoms with Crippen LogP contribution < -0.4 is 11.5 Å². The van der Waals surface area contributed by atoms with E-state index in [2.05, 4.69) is 0 Å². The van der Waals surface area contributed by atoms with E-state index in [9.17, 15) is 15.0 Å². The zero-order valence-corrected chi connectivity index (χ0v) is 9.40. The van der Waals surface area contributed by atoms with Gasteiger partial charge in [-0.25, -0.2) is 0 Å². The van der Waals surface area contributed by atoms with Crippen LogP contribution in [-0.2, 0) is 4.79 Å². The first-order chi connectivity index (χ1) is 7.34. The quantitative estimate of drug-likeness (QED) is 0.566. The predicted molar refractivity (Wildman–Crippen MR) is 60.8 cm³/mol. The van der Waals surface area contributed by atoms with Crippen molar-refractivity contribution in [3.63, 3.8) is 0 Å². The molecule has 1 aromatic carbocycles. The van der Waals surface area contributed by atoms with E-state index in [-0.39, 0.29) is 10.6 Å². The number of hydrogen-bond acceptors (Lipinski definition) is 4. The largest absolute Gasteiger partial charge is 0.398 e. The maximum absolute atomic E-state index is 10.7. The minimum Gasteiger partial charge on any atom is -0.398 e. The molecule has 0 radical (unpaired) electrons. The van der Waals surface area contributed by atoms with Crippen molar-refractivity contribution in [2.45, 2.75) is 19.1 Å². The number of aryl methyl sites for hydroxylation is 1. The van der Waals surface area contributed by atoms with Crippen molar-refractivity contribution in [1.82, 2.24) is 0 Å². The van der Waals surface area contributed by atoms with Gasteiger partial charge >= 0.3 is 0 Å². The molecule has 0 heterocycles. The van der Waals surface area contributed by atoms with Crippen LogP contribution in [0.25, 0.3) is 0 Å². The van der Waals surface area contributed by atoms with Crippen molar-refractivity contribution in [2.24, 2.45) is 5.73 Å². The molecule has 0 aliphatic heterocycles. The molecule has 0 aliphatic carbocycles. The minimum atomic E-state index is -1.69. The van der Waals surface area contributed by atoms with Crippen molar-refractivity contribution < 1.29 is 15.0 Å². The average molecular weight is 245 g/mol. The van der Waals surface area contributed by atoms with Gasteiger partial charge in [0, 0.05) is 16.3 Å². The van der Waals surface area contributed by atoms with E-state index in [1.165, 1.54) is 12.1 Å². The molecule has 2 unspecified atom stereocenters. The summed E-state index contributed by atoms with van der Waals surface area (Å²) >= 11 is 5.84. The molecule has 0 fully saturated rings. The molecule has 1 amide bonds. The summed E-state index contributed by atoms with van der Waals surface area (Å²) in [5.74, 6) is -1.02. The molecule has 1 aromatic rings. The fourth-order valence-corrected chi connectivity index (χ4v) is 1.56. The van der Waals surface area contributed by atoms with Crippen molar-refractivity contribution in [1.29, 1.82) is 0 Å². The van der Waals surface area contributed by atoms with Gasteiger partial charge in [0.05, 0.1) is 0 Å². The highest BCUT2D eigenvalue weighted by Gasteiger charge is 2.25. The summed E-state index contributed by atoms with van der Waals surface area (Å²) in [6.07, 6.45) is -3.15. The third-order valence-corrected chi connectivity index (χ3v) is 2.62. The first-order valence-electron chi connectivity index (χ1n) is 4.55. The molecular weight excluding hydrogens is 232 g/mol. The van der Waals surface area contributed by atoms with Crippen LogP contribution >= 0.6 is 11.6 Å². The first kappa shape index (κ1) is 12.8. The van der Waals surface area contributed by atoms with Crippen LogP contribution in [-0.4, -0.2) is 22.2 Å². The molecule has 0 saturated carbocycles. The lowest BCUT2D eigenvalue weighted by Gasteiger charge is -2.17. The number of rotatable bonds is 3. The number of aliphatic hydroxyl groups excluding tert-OH is 2. The molecule has 1 rings (SSSR count). The van der Waals surface area contributed by atoms with E-state index in [1.54, 1.807) is 6.92 Å². The van der Waals surface area contributed by atoms with Gasteiger partial charge < -0.3 is 21.7 Å². The van der Waals surface area contributed by atoms with Crippen molar-refractivity contribution in [3.05, 3.63) is 28.3 Å². The molecule has 2 atom stereocenters. The zero-order valence-electron chi connectivity index (χ0n) is 8.64. The maximum Gasteiger partial charge on any atom is 0.249 e. The topological polar surface area (TPSA) is 110 Å². The first-order valence-corrected chi connectivity index (χ1v) is 4.93. The summed E-state index contributed by atoms with van der Waals surface area (Å²) < 4.78 is 0. The van der Waals surface area contributed by atoms with Crippen LogP contribution in [0.4, 0.5) is 5.69 Å². The van der Waals surface area contributed by atoms with Crippen LogP contribution in [0.5, 0.6) is 0 Å². The molecule has 0 saturated heterocycles. The van der Waals surface area contributed by atoms with Crippen LogP contribution in [0.15, 0.2) is 12.1 Å². The normalized spacial score (nSPS) is 14.5. The van der Waals surface area contributed by atoms with Crippen LogP contribution in [0.1, 0.15) is 17.2 Å². The number of carbonyl (C=O) groups excluding carboxylic acids is 1.